The monoisotopic (exact) mass is 242 g/mol. The maximum absolute atomic E-state index is 13.1. The molecule has 0 aromatic heterocycles. The van der Waals surface area contributed by atoms with Gasteiger partial charge in [0.15, 0.2) is 0 Å². The number of hydrogen-bond acceptors (Lipinski definition) is 4. The van der Waals surface area contributed by atoms with Crippen LogP contribution < -0.4 is 5.73 Å². The third-order valence-corrected chi connectivity index (χ3v) is 2.20. The summed E-state index contributed by atoms with van der Waals surface area (Å²) in [7, 11) is 0. The van der Waals surface area contributed by atoms with E-state index in [2.05, 4.69) is 12.6 Å². The van der Waals surface area contributed by atoms with Gasteiger partial charge < -0.3 is 5.73 Å². The molecule has 1 rings (SSSR count). The van der Waals surface area contributed by atoms with E-state index in [1.54, 1.807) is 12.2 Å². The summed E-state index contributed by atoms with van der Waals surface area (Å²) >= 11 is 4.00. The predicted molar refractivity (Wildman–Crippen MR) is 65.0 cm³/mol. The van der Waals surface area contributed by atoms with Crippen LogP contribution in [0.4, 0.5) is 15.8 Å². The number of rotatable bonds is 4. The van der Waals surface area contributed by atoms with Crippen molar-refractivity contribution in [2.45, 2.75) is 6.42 Å². The zero-order valence-corrected chi connectivity index (χ0v) is 9.28. The number of nitrogens with two attached hydrogens (primary N) is 1. The minimum absolute atomic E-state index is 0.0261. The molecule has 2 N–H and O–H groups in total. The van der Waals surface area contributed by atoms with E-state index < -0.39 is 16.4 Å². The van der Waals surface area contributed by atoms with E-state index in [0.717, 1.165) is 12.1 Å². The first-order valence-electron chi connectivity index (χ1n) is 4.57. The second kappa shape index (κ2) is 5.50. The second-order valence-electron chi connectivity index (χ2n) is 3.10. The van der Waals surface area contributed by atoms with E-state index in [0.29, 0.717) is 17.7 Å². The summed E-state index contributed by atoms with van der Waals surface area (Å²) in [5.41, 5.74) is 5.43. The highest BCUT2D eigenvalue weighted by Gasteiger charge is 2.15. The lowest BCUT2D eigenvalue weighted by Crippen LogP contribution is -1.99. The molecule has 0 heterocycles. The van der Waals surface area contributed by atoms with Crippen LogP contribution in [0.1, 0.15) is 12.0 Å². The van der Waals surface area contributed by atoms with Gasteiger partial charge in [-0.3, -0.25) is 10.1 Å². The highest BCUT2D eigenvalue weighted by Crippen LogP contribution is 2.27. The van der Waals surface area contributed by atoms with Crippen LogP contribution in [0.3, 0.4) is 0 Å². The van der Waals surface area contributed by atoms with Crippen molar-refractivity contribution in [2.24, 2.45) is 0 Å². The Balaban J connectivity index is 3.14. The molecule has 0 atom stereocenters. The van der Waals surface area contributed by atoms with Crippen LogP contribution in [0.25, 0.3) is 6.08 Å². The Labute approximate surface area is 97.5 Å². The number of nitrogens with zero attached hydrogens (tertiary/aromatic N) is 1. The molecule has 4 nitrogen and oxygen atoms in total. The number of anilines is 1. The van der Waals surface area contributed by atoms with E-state index in [1.165, 1.54) is 0 Å². The lowest BCUT2D eigenvalue weighted by Gasteiger charge is -2.02. The van der Waals surface area contributed by atoms with Crippen molar-refractivity contribution in [2.75, 3.05) is 11.5 Å². The first kappa shape index (κ1) is 12.5. The van der Waals surface area contributed by atoms with E-state index in [9.17, 15) is 14.5 Å². The number of benzene rings is 1. The van der Waals surface area contributed by atoms with Gasteiger partial charge in [-0.15, -0.1) is 0 Å². The molecule has 16 heavy (non-hydrogen) atoms. The number of nitro benzene ring substituents is 1. The summed E-state index contributed by atoms with van der Waals surface area (Å²) in [5.74, 6) is -0.0280. The van der Waals surface area contributed by atoms with Crippen molar-refractivity contribution in [1.29, 1.82) is 0 Å². The Bertz CT molecular complexity index is 435. The third-order valence-electron chi connectivity index (χ3n) is 1.94. The molecule has 0 saturated heterocycles. The van der Waals surface area contributed by atoms with Crippen molar-refractivity contribution in [3.05, 3.63) is 39.7 Å². The Morgan fingerprint density at radius 3 is 2.81 bits per heavy atom. The van der Waals surface area contributed by atoms with Gasteiger partial charge in [-0.05, 0) is 18.2 Å². The molecule has 0 radical (unpaired) electrons. The summed E-state index contributed by atoms with van der Waals surface area (Å²) < 4.78 is 13.1. The minimum Gasteiger partial charge on any atom is -0.393 e. The van der Waals surface area contributed by atoms with E-state index in [-0.39, 0.29) is 5.69 Å². The molecule has 0 spiro atoms. The second-order valence-corrected chi connectivity index (χ2v) is 3.55. The van der Waals surface area contributed by atoms with E-state index in [1.807, 2.05) is 0 Å². The van der Waals surface area contributed by atoms with Crippen molar-refractivity contribution in [1.82, 2.24) is 0 Å². The molecule has 0 aliphatic carbocycles. The van der Waals surface area contributed by atoms with Crippen LogP contribution in [0, 0.1) is 15.9 Å². The highest BCUT2D eigenvalue weighted by molar-refractivity contribution is 7.80. The number of nitrogen functional groups attached to an aromatic ring is 1. The maximum Gasteiger partial charge on any atom is 0.295 e. The maximum atomic E-state index is 13.1. The van der Waals surface area contributed by atoms with Gasteiger partial charge in [0, 0.05) is 5.56 Å². The number of nitro groups is 1. The Hall–Kier alpha value is -1.56. The Morgan fingerprint density at radius 1 is 1.56 bits per heavy atom. The SMILES string of the molecule is Nc1c(C=CCCS)cc(F)cc1[N+](=O)[O-]. The fraction of sp³-hybridized carbons (Fsp3) is 0.200. The molecule has 1 aromatic carbocycles. The molecule has 0 unspecified atom stereocenters. The molecule has 6 heteroatoms. The van der Waals surface area contributed by atoms with Gasteiger partial charge in [0.1, 0.15) is 11.5 Å². The molecule has 0 aliphatic rings. The summed E-state index contributed by atoms with van der Waals surface area (Å²) in [6, 6.07) is 1.97. The van der Waals surface area contributed by atoms with Gasteiger partial charge in [-0.2, -0.15) is 12.6 Å². The number of allylic oxidation sites excluding steroid dienone is 1. The quantitative estimate of drug-likeness (QED) is 0.369. The Kier molecular flexibility index (Phi) is 4.30. The van der Waals surface area contributed by atoms with E-state index >= 15 is 0 Å². The molecule has 0 aliphatic heterocycles. The zero-order chi connectivity index (χ0) is 12.1. The normalized spacial score (nSPS) is 10.9. The molecule has 0 amide bonds. The number of thiol groups is 1. The predicted octanol–water partition coefficient (Wildman–Crippen LogP) is 2.65. The van der Waals surface area contributed by atoms with Gasteiger partial charge in [0.05, 0.1) is 11.0 Å². The molecule has 0 fully saturated rings. The molecular weight excluding hydrogens is 231 g/mol. The van der Waals surface area contributed by atoms with Gasteiger partial charge in [0.2, 0.25) is 0 Å². The van der Waals surface area contributed by atoms with Crippen molar-refractivity contribution in [3.8, 4) is 0 Å². The summed E-state index contributed by atoms with van der Waals surface area (Å²) in [5, 5.41) is 10.6. The molecule has 86 valence electrons. The van der Waals surface area contributed by atoms with Crippen molar-refractivity contribution in [3.63, 3.8) is 0 Å². The topological polar surface area (TPSA) is 69.2 Å². The largest absolute Gasteiger partial charge is 0.393 e. The first-order chi connectivity index (χ1) is 7.56. The van der Waals surface area contributed by atoms with Crippen LogP contribution in [-0.4, -0.2) is 10.7 Å². The average Bonchev–Trinajstić information content (AvgIpc) is 2.22. The van der Waals surface area contributed by atoms with Crippen LogP contribution in [0.5, 0.6) is 0 Å². The minimum atomic E-state index is -0.700. The molecule has 0 saturated carbocycles. The summed E-state index contributed by atoms with van der Waals surface area (Å²) in [6.45, 7) is 0. The summed E-state index contributed by atoms with van der Waals surface area (Å²) in [6.07, 6.45) is 3.98. The fourth-order valence-corrected chi connectivity index (χ4v) is 1.35. The van der Waals surface area contributed by atoms with Crippen molar-refractivity contribution >= 4 is 30.1 Å². The number of halogens is 1. The fourth-order valence-electron chi connectivity index (χ4n) is 1.20. The smallest absolute Gasteiger partial charge is 0.295 e. The van der Waals surface area contributed by atoms with Gasteiger partial charge in [-0.1, -0.05) is 12.2 Å². The third kappa shape index (κ3) is 2.96. The molecule has 1 aromatic rings. The van der Waals surface area contributed by atoms with Crippen LogP contribution >= 0.6 is 12.6 Å². The molecular formula is C10H11FN2O2S. The zero-order valence-electron chi connectivity index (χ0n) is 8.39. The van der Waals surface area contributed by atoms with Crippen LogP contribution in [-0.2, 0) is 0 Å². The molecule has 0 bridgehead atoms. The lowest BCUT2D eigenvalue weighted by molar-refractivity contribution is -0.384. The first-order valence-corrected chi connectivity index (χ1v) is 5.20. The summed E-state index contributed by atoms with van der Waals surface area (Å²) in [4.78, 5) is 9.88. The van der Waals surface area contributed by atoms with Crippen molar-refractivity contribution < 1.29 is 9.31 Å². The highest BCUT2D eigenvalue weighted by atomic mass is 32.1. The standard InChI is InChI=1S/C10H11FN2O2S/c11-8-5-7(3-1-2-4-16)10(12)9(6-8)13(14)15/h1,3,5-6,16H,2,4,12H2. The number of hydrogen-bond donors (Lipinski definition) is 2. The Morgan fingerprint density at radius 2 is 2.25 bits per heavy atom. The lowest BCUT2D eigenvalue weighted by atomic mass is 10.1. The van der Waals surface area contributed by atoms with E-state index in [4.69, 9.17) is 5.73 Å². The van der Waals surface area contributed by atoms with Crippen LogP contribution in [0.2, 0.25) is 0 Å². The van der Waals surface area contributed by atoms with Gasteiger partial charge in [0.25, 0.3) is 5.69 Å². The van der Waals surface area contributed by atoms with Crippen LogP contribution in [0.15, 0.2) is 18.2 Å². The average molecular weight is 242 g/mol. The van der Waals surface area contributed by atoms with Gasteiger partial charge in [-0.25, -0.2) is 4.39 Å². The van der Waals surface area contributed by atoms with Gasteiger partial charge >= 0.3 is 0 Å².